The van der Waals surface area contributed by atoms with Crippen LogP contribution in [-0.4, -0.2) is 12.6 Å². The molecule has 3 N–H and O–H groups in total. The van der Waals surface area contributed by atoms with E-state index in [0.717, 1.165) is 19.4 Å². The molecule has 110 valence electrons. The predicted octanol–water partition coefficient (Wildman–Crippen LogP) is 2.68. The summed E-state index contributed by atoms with van der Waals surface area (Å²) in [5, 5.41) is 0. The molecule has 0 fully saturated rings. The van der Waals surface area contributed by atoms with Gasteiger partial charge in [-0.3, -0.25) is 11.3 Å². The van der Waals surface area contributed by atoms with Crippen molar-refractivity contribution < 1.29 is 4.74 Å². The summed E-state index contributed by atoms with van der Waals surface area (Å²) in [6.45, 7) is 2.90. The van der Waals surface area contributed by atoms with E-state index in [-0.39, 0.29) is 12.1 Å². The van der Waals surface area contributed by atoms with E-state index in [1.54, 1.807) is 0 Å². The number of nitrogens with two attached hydrogens (primary N) is 1. The third kappa shape index (κ3) is 3.00. The fourth-order valence-electron chi connectivity index (χ4n) is 3.09. The Morgan fingerprint density at radius 3 is 2.76 bits per heavy atom. The Balaban J connectivity index is 1.86. The second-order valence-corrected chi connectivity index (χ2v) is 5.64. The maximum atomic E-state index is 6.03. The SMILES string of the molecule is Cc1ccccc1CC(NN)C1OCCc2ccccc21. The van der Waals surface area contributed by atoms with E-state index in [9.17, 15) is 0 Å². The van der Waals surface area contributed by atoms with Gasteiger partial charge in [0.2, 0.25) is 0 Å². The Kier molecular flexibility index (Phi) is 4.34. The molecule has 0 saturated heterocycles. The van der Waals surface area contributed by atoms with Crippen molar-refractivity contribution in [3.63, 3.8) is 0 Å². The summed E-state index contributed by atoms with van der Waals surface area (Å²) in [6, 6.07) is 17.0. The van der Waals surface area contributed by atoms with Crippen LogP contribution in [0.2, 0.25) is 0 Å². The van der Waals surface area contributed by atoms with E-state index in [2.05, 4.69) is 60.9 Å². The number of aryl methyl sites for hydroxylation is 1. The van der Waals surface area contributed by atoms with Crippen molar-refractivity contribution in [2.75, 3.05) is 6.61 Å². The Morgan fingerprint density at radius 2 is 1.95 bits per heavy atom. The van der Waals surface area contributed by atoms with E-state index in [1.165, 1.54) is 22.3 Å². The normalized spacial score (nSPS) is 19.0. The molecule has 2 aromatic rings. The van der Waals surface area contributed by atoms with Gasteiger partial charge in [-0.25, -0.2) is 0 Å². The van der Waals surface area contributed by atoms with Crippen LogP contribution in [0.25, 0.3) is 0 Å². The third-order valence-corrected chi connectivity index (χ3v) is 4.31. The second kappa shape index (κ2) is 6.39. The van der Waals surface area contributed by atoms with Gasteiger partial charge in [0, 0.05) is 0 Å². The number of hydrazine groups is 1. The van der Waals surface area contributed by atoms with Gasteiger partial charge in [0.1, 0.15) is 0 Å². The summed E-state index contributed by atoms with van der Waals surface area (Å²) >= 11 is 0. The average molecular weight is 282 g/mol. The first kappa shape index (κ1) is 14.3. The lowest BCUT2D eigenvalue weighted by atomic mass is 9.89. The highest BCUT2D eigenvalue weighted by molar-refractivity contribution is 5.33. The highest BCUT2D eigenvalue weighted by Crippen LogP contribution is 2.31. The highest BCUT2D eigenvalue weighted by atomic mass is 16.5. The first-order valence-electron chi connectivity index (χ1n) is 7.49. The van der Waals surface area contributed by atoms with Crippen LogP contribution < -0.4 is 11.3 Å². The minimum absolute atomic E-state index is 0.0135. The van der Waals surface area contributed by atoms with E-state index in [0.29, 0.717) is 0 Å². The van der Waals surface area contributed by atoms with Crippen molar-refractivity contribution in [1.29, 1.82) is 0 Å². The zero-order valence-electron chi connectivity index (χ0n) is 12.4. The molecule has 1 heterocycles. The monoisotopic (exact) mass is 282 g/mol. The van der Waals surface area contributed by atoms with Crippen LogP contribution in [0.1, 0.15) is 28.4 Å². The fourth-order valence-corrected chi connectivity index (χ4v) is 3.09. The zero-order valence-corrected chi connectivity index (χ0v) is 12.4. The molecule has 0 aliphatic carbocycles. The van der Waals surface area contributed by atoms with Gasteiger partial charge < -0.3 is 4.74 Å². The van der Waals surface area contributed by atoms with E-state index in [4.69, 9.17) is 10.6 Å². The number of fused-ring (bicyclic) bond motifs is 1. The van der Waals surface area contributed by atoms with Gasteiger partial charge in [-0.15, -0.1) is 0 Å². The number of hydrogen-bond donors (Lipinski definition) is 2. The van der Waals surface area contributed by atoms with Gasteiger partial charge in [0.05, 0.1) is 18.8 Å². The molecule has 0 bridgehead atoms. The van der Waals surface area contributed by atoms with Crippen LogP contribution in [0.5, 0.6) is 0 Å². The molecule has 0 saturated carbocycles. The summed E-state index contributed by atoms with van der Waals surface area (Å²) in [4.78, 5) is 0. The van der Waals surface area contributed by atoms with Crippen LogP contribution in [0, 0.1) is 6.92 Å². The lowest BCUT2D eigenvalue weighted by Crippen LogP contribution is -2.43. The van der Waals surface area contributed by atoms with Crippen molar-refractivity contribution in [3.8, 4) is 0 Å². The maximum absolute atomic E-state index is 6.03. The maximum Gasteiger partial charge on any atom is 0.0997 e. The average Bonchev–Trinajstić information content (AvgIpc) is 2.54. The van der Waals surface area contributed by atoms with Crippen LogP contribution in [0.3, 0.4) is 0 Å². The minimum Gasteiger partial charge on any atom is -0.371 e. The standard InChI is InChI=1S/C18H22N2O/c1-13-6-2-3-8-15(13)12-17(20-19)18-16-9-5-4-7-14(16)10-11-21-18/h2-9,17-18,20H,10-12,19H2,1H3. The largest absolute Gasteiger partial charge is 0.371 e. The Hall–Kier alpha value is -1.68. The molecule has 0 amide bonds. The molecule has 0 aromatic heterocycles. The molecule has 1 aliphatic rings. The molecule has 0 spiro atoms. The van der Waals surface area contributed by atoms with Crippen LogP contribution in [0.4, 0.5) is 0 Å². The summed E-state index contributed by atoms with van der Waals surface area (Å²) < 4.78 is 6.03. The number of benzene rings is 2. The highest BCUT2D eigenvalue weighted by Gasteiger charge is 2.28. The summed E-state index contributed by atoms with van der Waals surface area (Å²) in [6.07, 6.45) is 1.86. The molecule has 3 rings (SSSR count). The predicted molar refractivity (Wildman–Crippen MR) is 84.8 cm³/mol. The zero-order chi connectivity index (χ0) is 14.7. The molecule has 3 nitrogen and oxygen atoms in total. The van der Waals surface area contributed by atoms with Crippen LogP contribution in [-0.2, 0) is 17.6 Å². The summed E-state index contributed by atoms with van der Waals surface area (Å²) in [5.74, 6) is 5.83. The number of hydrogen-bond acceptors (Lipinski definition) is 3. The molecule has 1 aliphatic heterocycles. The van der Waals surface area contributed by atoms with Gasteiger partial charge in [0.15, 0.2) is 0 Å². The van der Waals surface area contributed by atoms with E-state index < -0.39 is 0 Å². The summed E-state index contributed by atoms with van der Waals surface area (Å²) in [5.41, 5.74) is 8.21. The van der Waals surface area contributed by atoms with Crippen molar-refractivity contribution in [1.82, 2.24) is 5.43 Å². The fraction of sp³-hybridized carbons (Fsp3) is 0.333. The lowest BCUT2D eigenvalue weighted by molar-refractivity contribution is 0.0153. The van der Waals surface area contributed by atoms with Crippen molar-refractivity contribution in [2.45, 2.75) is 31.9 Å². The lowest BCUT2D eigenvalue weighted by Gasteiger charge is -2.32. The van der Waals surface area contributed by atoms with Crippen molar-refractivity contribution in [3.05, 3.63) is 70.8 Å². The Morgan fingerprint density at radius 1 is 1.19 bits per heavy atom. The number of nitrogens with one attached hydrogen (secondary N) is 1. The van der Waals surface area contributed by atoms with Gasteiger partial charge in [-0.2, -0.15) is 0 Å². The smallest absolute Gasteiger partial charge is 0.0997 e. The number of rotatable bonds is 4. The van der Waals surface area contributed by atoms with Gasteiger partial charge in [-0.1, -0.05) is 48.5 Å². The first-order valence-corrected chi connectivity index (χ1v) is 7.49. The Bertz CT molecular complexity index is 612. The van der Waals surface area contributed by atoms with Gasteiger partial charge >= 0.3 is 0 Å². The molecule has 2 unspecified atom stereocenters. The molecule has 0 radical (unpaired) electrons. The molecular formula is C18H22N2O. The molecule has 21 heavy (non-hydrogen) atoms. The molecule has 2 aromatic carbocycles. The molecule has 3 heteroatoms. The topological polar surface area (TPSA) is 47.3 Å². The van der Waals surface area contributed by atoms with Gasteiger partial charge in [-0.05, 0) is 42.0 Å². The van der Waals surface area contributed by atoms with Crippen molar-refractivity contribution >= 4 is 0 Å². The minimum atomic E-state index is 0.0135. The summed E-state index contributed by atoms with van der Waals surface area (Å²) in [7, 11) is 0. The van der Waals surface area contributed by atoms with E-state index >= 15 is 0 Å². The number of ether oxygens (including phenoxy) is 1. The molecule has 2 atom stereocenters. The second-order valence-electron chi connectivity index (χ2n) is 5.64. The van der Waals surface area contributed by atoms with E-state index in [1.807, 2.05) is 0 Å². The third-order valence-electron chi connectivity index (χ3n) is 4.31. The quantitative estimate of drug-likeness (QED) is 0.669. The van der Waals surface area contributed by atoms with Crippen LogP contribution >= 0.6 is 0 Å². The first-order chi connectivity index (χ1) is 10.3. The van der Waals surface area contributed by atoms with Crippen LogP contribution in [0.15, 0.2) is 48.5 Å². The Labute approximate surface area is 126 Å². The van der Waals surface area contributed by atoms with Gasteiger partial charge in [0.25, 0.3) is 0 Å². The van der Waals surface area contributed by atoms with Crippen molar-refractivity contribution in [2.24, 2.45) is 5.84 Å². The molecular weight excluding hydrogens is 260 g/mol.